The molecule has 19 heteroatoms. The van der Waals surface area contributed by atoms with Gasteiger partial charge in [0.1, 0.15) is 6.61 Å². The first-order valence-electron chi connectivity index (χ1n) is 12.4. The molecule has 0 heterocycles. The molecule has 4 unspecified atom stereocenters. The molecule has 0 aliphatic carbocycles. The Morgan fingerprint density at radius 2 is 0.681 bits per heavy atom. The van der Waals surface area contributed by atoms with Crippen molar-refractivity contribution in [3.63, 3.8) is 0 Å². The van der Waals surface area contributed by atoms with Crippen LogP contribution in [0.5, 0.6) is 0 Å². The second kappa shape index (κ2) is 34.5. The SMILES string of the molecule is C.C.C.C.CC(OC(=O)CCC(=O)OC(C)C(=O)O)C(=O)O.CC(OC(=O)CCC(=O)OC(C)C(=O)OCCO)C(=O)O.OCCO. The first-order valence-corrected chi connectivity index (χ1v) is 12.4. The number of carbonyl (C=O) groups is 8. The summed E-state index contributed by atoms with van der Waals surface area (Å²) < 4.78 is 22.6. The number of aliphatic hydroxyl groups excluding tert-OH is 3. The molecular weight excluding hydrogens is 640 g/mol. The molecule has 0 aromatic heterocycles. The van der Waals surface area contributed by atoms with Crippen molar-refractivity contribution in [1.82, 2.24) is 0 Å². The number of ether oxygens (including phenoxy) is 5. The van der Waals surface area contributed by atoms with Crippen LogP contribution < -0.4 is 0 Å². The van der Waals surface area contributed by atoms with Gasteiger partial charge in [0.05, 0.1) is 45.5 Å². The number of carbonyl (C=O) groups excluding carboxylic acids is 5. The van der Waals surface area contributed by atoms with Crippen LogP contribution in [-0.2, 0) is 62.0 Å². The van der Waals surface area contributed by atoms with Crippen LogP contribution in [0.25, 0.3) is 0 Å². The molecule has 0 aliphatic rings. The minimum absolute atomic E-state index is 0. The maximum Gasteiger partial charge on any atom is 0.347 e. The second-order valence-corrected chi connectivity index (χ2v) is 7.88. The van der Waals surface area contributed by atoms with Crippen molar-refractivity contribution in [3.8, 4) is 0 Å². The van der Waals surface area contributed by atoms with Crippen LogP contribution in [0, 0.1) is 0 Å². The van der Waals surface area contributed by atoms with Gasteiger partial charge in [-0.3, -0.25) is 19.2 Å². The van der Waals surface area contributed by atoms with Gasteiger partial charge in [0.25, 0.3) is 0 Å². The summed E-state index contributed by atoms with van der Waals surface area (Å²) in [7, 11) is 0. The smallest absolute Gasteiger partial charge is 0.347 e. The van der Waals surface area contributed by atoms with Gasteiger partial charge in [-0.15, -0.1) is 0 Å². The Kier molecular flexibility index (Phi) is 42.7. The molecular formula is C28H54O19. The van der Waals surface area contributed by atoms with E-state index in [-0.39, 0.29) is 81.8 Å². The molecule has 0 rings (SSSR count). The summed E-state index contributed by atoms with van der Waals surface area (Å²) in [6, 6.07) is 0. The number of esters is 5. The maximum atomic E-state index is 11.4. The van der Waals surface area contributed by atoms with Crippen LogP contribution in [0.15, 0.2) is 0 Å². The summed E-state index contributed by atoms with van der Waals surface area (Å²) in [6.07, 6.45) is -6.54. The molecule has 0 amide bonds. The summed E-state index contributed by atoms with van der Waals surface area (Å²) >= 11 is 0. The third-order valence-corrected chi connectivity index (χ3v) is 4.11. The van der Waals surface area contributed by atoms with Crippen LogP contribution in [0.4, 0.5) is 0 Å². The Morgan fingerprint density at radius 1 is 0.447 bits per heavy atom. The predicted molar refractivity (Wildman–Crippen MR) is 163 cm³/mol. The summed E-state index contributed by atoms with van der Waals surface area (Å²) in [6.45, 7) is 4.00. The summed E-state index contributed by atoms with van der Waals surface area (Å²) in [5.41, 5.74) is 0. The molecule has 0 aromatic rings. The topological polar surface area (TPSA) is 304 Å². The van der Waals surface area contributed by atoms with Crippen molar-refractivity contribution >= 4 is 47.8 Å². The van der Waals surface area contributed by atoms with E-state index >= 15 is 0 Å². The monoisotopic (exact) mass is 694 g/mol. The molecule has 6 N–H and O–H groups in total. The van der Waals surface area contributed by atoms with E-state index in [1.165, 1.54) is 27.7 Å². The molecule has 0 saturated carbocycles. The minimum atomic E-state index is -1.30. The van der Waals surface area contributed by atoms with E-state index in [2.05, 4.69) is 18.9 Å². The summed E-state index contributed by atoms with van der Waals surface area (Å²) in [5, 5.41) is 49.1. The highest BCUT2D eigenvalue weighted by Gasteiger charge is 2.22. The van der Waals surface area contributed by atoms with Gasteiger partial charge < -0.3 is 54.3 Å². The molecule has 0 saturated heterocycles. The fourth-order valence-corrected chi connectivity index (χ4v) is 1.90. The van der Waals surface area contributed by atoms with E-state index in [0.717, 1.165) is 0 Å². The molecule has 0 bridgehead atoms. The minimum Gasteiger partial charge on any atom is -0.479 e. The zero-order valence-electron chi connectivity index (χ0n) is 24.0. The van der Waals surface area contributed by atoms with Crippen molar-refractivity contribution in [2.24, 2.45) is 0 Å². The van der Waals surface area contributed by atoms with Crippen molar-refractivity contribution in [1.29, 1.82) is 0 Å². The van der Waals surface area contributed by atoms with Crippen molar-refractivity contribution in [2.75, 3.05) is 26.4 Å². The van der Waals surface area contributed by atoms with E-state index in [1.807, 2.05) is 0 Å². The van der Waals surface area contributed by atoms with Crippen LogP contribution in [0.2, 0.25) is 0 Å². The Hall–Kier alpha value is -4.36. The number of aliphatic hydroxyl groups is 3. The number of aliphatic carboxylic acids is 3. The zero-order valence-corrected chi connectivity index (χ0v) is 24.0. The lowest BCUT2D eigenvalue weighted by atomic mass is 10.3. The molecule has 4 atom stereocenters. The molecule has 280 valence electrons. The van der Waals surface area contributed by atoms with Gasteiger partial charge in [-0.05, 0) is 27.7 Å². The van der Waals surface area contributed by atoms with Gasteiger partial charge >= 0.3 is 47.8 Å². The zero-order chi connectivity index (χ0) is 34.1. The van der Waals surface area contributed by atoms with Crippen LogP contribution in [-0.4, -0.2) is 129 Å². The Morgan fingerprint density at radius 3 is 0.872 bits per heavy atom. The quantitative estimate of drug-likeness (QED) is 0.0895. The van der Waals surface area contributed by atoms with Gasteiger partial charge in [0, 0.05) is 0 Å². The van der Waals surface area contributed by atoms with E-state index in [1.54, 1.807) is 0 Å². The van der Waals surface area contributed by atoms with Gasteiger partial charge in [0.2, 0.25) is 0 Å². The van der Waals surface area contributed by atoms with E-state index in [0.29, 0.717) is 0 Å². The molecule has 0 aliphatic heterocycles. The predicted octanol–water partition coefficient (Wildman–Crippen LogP) is 0.565. The van der Waals surface area contributed by atoms with E-state index < -0.39 is 72.2 Å². The van der Waals surface area contributed by atoms with Gasteiger partial charge in [-0.1, -0.05) is 29.7 Å². The lowest BCUT2D eigenvalue weighted by Crippen LogP contribution is -2.28. The highest BCUT2D eigenvalue weighted by molar-refractivity contribution is 5.83. The second-order valence-electron chi connectivity index (χ2n) is 7.88. The molecule has 0 spiro atoms. The lowest BCUT2D eigenvalue weighted by Gasteiger charge is -2.12. The summed E-state index contributed by atoms with van der Waals surface area (Å²) in [4.78, 5) is 87.1. The number of rotatable bonds is 17. The Labute approximate surface area is 274 Å². The molecule has 0 radical (unpaired) electrons. The number of carboxylic acids is 3. The third kappa shape index (κ3) is 36.0. The average molecular weight is 695 g/mol. The normalized spacial score (nSPS) is 11.5. The molecule has 47 heavy (non-hydrogen) atoms. The first-order chi connectivity index (χ1) is 19.9. The fourth-order valence-electron chi connectivity index (χ4n) is 1.90. The largest absolute Gasteiger partial charge is 0.479 e. The average Bonchev–Trinajstić information content (AvgIpc) is 2.93. The van der Waals surface area contributed by atoms with Gasteiger partial charge in [-0.25, -0.2) is 19.2 Å². The molecule has 0 aromatic carbocycles. The van der Waals surface area contributed by atoms with Crippen molar-refractivity contribution in [2.45, 2.75) is 108 Å². The van der Waals surface area contributed by atoms with E-state index in [4.69, 9.17) is 35.4 Å². The molecule has 0 fully saturated rings. The highest BCUT2D eigenvalue weighted by Crippen LogP contribution is 2.04. The van der Waals surface area contributed by atoms with Crippen molar-refractivity contribution < 1.29 is 92.7 Å². The Balaban J connectivity index is -0.000000114. The fraction of sp³-hybridized carbons (Fsp3) is 0.714. The van der Waals surface area contributed by atoms with Crippen LogP contribution in [0.3, 0.4) is 0 Å². The standard InChI is InChI=1S/C12H18O9.C10H14O8.C2H6O2.4CH4/c1-7(11(16)17)20-9(14)3-4-10(15)21-8(2)12(18)19-6-5-13;1-5(9(13)14)17-7(11)3-4-8(12)18-6(2)10(15)16;3-1-2-4;;;;/h7-8,13H,3-6H2,1-2H3,(H,16,17);5-6H,3-4H2,1-2H3,(H,13,14)(H,15,16);3-4H,1-2H2;4*1H4. The summed E-state index contributed by atoms with van der Waals surface area (Å²) in [5.74, 6) is -8.16. The first kappa shape index (κ1) is 58.2. The Bertz CT molecular complexity index is 881. The number of hydrogen-bond acceptors (Lipinski definition) is 16. The highest BCUT2D eigenvalue weighted by atomic mass is 16.6. The third-order valence-electron chi connectivity index (χ3n) is 4.11. The van der Waals surface area contributed by atoms with Gasteiger partial charge in [0.15, 0.2) is 24.4 Å². The van der Waals surface area contributed by atoms with Gasteiger partial charge in [-0.2, -0.15) is 0 Å². The lowest BCUT2D eigenvalue weighted by molar-refractivity contribution is -0.169. The number of carboxylic acid groups (broad SMARTS) is 3. The molecule has 19 nitrogen and oxygen atoms in total. The van der Waals surface area contributed by atoms with Crippen molar-refractivity contribution in [3.05, 3.63) is 0 Å². The van der Waals surface area contributed by atoms with Crippen LogP contribution >= 0.6 is 0 Å². The number of hydrogen-bond donors (Lipinski definition) is 6. The maximum absolute atomic E-state index is 11.4. The van der Waals surface area contributed by atoms with Crippen LogP contribution in [0.1, 0.15) is 83.1 Å². The van der Waals surface area contributed by atoms with E-state index in [9.17, 15) is 38.4 Å².